The summed E-state index contributed by atoms with van der Waals surface area (Å²) in [5.74, 6) is 0.0484. The van der Waals surface area contributed by atoms with Crippen molar-refractivity contribution in [3.63, 3.8) is 0 Å². The third-order valence-electron chi connectivity index (χ3n) is 1.46. The van der Waals surface area contributed by atoms with E-state index in [0.29, 0.717) is 17.1 Å². The number of nitrogens with zero attached hydrogens (tertiary/aromatic N) is 1. The Labute approximate surface area is 81.1 Å². The Morgan fingerprint density at radius 2 is 2.46 bits per heavy atom. The van der Waals surface area contributed by atoms with Crippen molar-refractivity contribution >= 4 is 23.3 Å². The van der Waals surface area contributed by atoms with Crippen LogP contribution in [0.25, 0.3) is 0 Å². The van der Waals surface area contributed by atoms with E-state index in [1.165, 1.54) is 12.3 Å². The predicted molar refractivity (Wildman–Crippen MR) is 51.7 cm³/mol. The lowest BCUT2D eigenvalue weighted by atomic mass is 10.2. The molecule has 0 radical (unpaired) electrons. The zero-order valence-corrected chi connectivity index (χ0v) is 7.93. The lowest BCUT2D eigenvalue weighted by Gasteiger charge is -2.04. The van der Waals surface area contributed by atoms with Crippen molar-refractivity contribution in [3.8, 4) is 0 Å². The summed E-state index contributed by atoms with van der Waals surface area (Å²) < 4.78 is 0. The number of carbonyl (C=O) groups is 1. The number of pyridine rings is 1. The van der Waals surface area contributed by atoms with Crippen molar-refractivity contribution in [2.24, 2.45) is 0 Å². The van der Waals surface area contributed by atoms with E-state index >= 15 is 0 Å². The van der Waals surface area contributed by atoms with Gasteiger partial charge < -0.3 is 11.1 Å². The minimum Gasteiger partial charge on any atom is -0.384 e. The highest BCUT2D eigenvalue weighted by Gasteiger charge is 2.09. The molecule has 0 unspecified atom stereocenters. The van der Waals surface area contributed by atoms with Crippen molar-refractivity contribution in [2.45, 2.75) is 6.92 Å². The molecule has 0 saturated carbocycles. The van der Waals surface area contributed by atoms with Crippen molar-refractivity contribution in [1.82, 2.24) is 10.3 Å². The van der Waals surface area contributed by atoms with Gasteiger partial charge in [-0.15, -0.1) is 0 Å². The molecule has 70 valence electrons. The summed E-state index contributed by atoms with van der Waals surface area (Å²) in [6, 6.07) is 1.45. The minimum absolute atomic E-state index is 0.235. The molecule has 0 spiro atoms. The SMILES string of the molecule is CCNC(=O)c1cc(N)ncc1Cl. The van der Waals surface area contributed by atoms with E-state index in [9.17, 15) is 4.79 Å². The fourth-order valence-electron chi connectivity index (χ4n) is 0.885. The molecule has 1 aromatic heterocycles. The Hall–Kier alpha value is -1.29. The summed E-state index contributed by atoms with van der Waals surface area (Å²) in [7, 11) is 0. The molecule has 0 aliphatic rings. The van der Waals surface area contributed by atoms with Gasteiger partial charge in [0.05, 0.1) is 10.6 Å². The average Bonchev–Trinajstić information content (AvgIpc) is 2.09. The number of nitrogens with one attached hydrogen (secondary N) is 1. The molecule has 0 aliphatic heterocycles. The van der Waals surface area contributed by atoms with Crippen LogP contribution in [-0.4, -0.2) is 17.4 Å². The molecular weight excluding hydrogens is 190 g/mol. The third kappa shape index (κ3) is 2.32. The molecule has 0 aliphatic carbocycles. The molecule has 1 amide bonds. The summed E-state index contributed by atoms with van der Waals surface area (Å²) in [5, 5.41) is 2.93. The number of anilines is 1. The van der Waals surface area contributed by atoms with Gasteiger partial charge in [-0.05, 0) is 13.0 Å². The lowest BCUT2D eigenvalue weighted by Crippen LogP contribution is -2.23. The number of nitrogens with two attached hydrogens (primary N) is 1. The fourth-order valence-corrected chi connectivity index (χ4v) is 1.07. The van der Waals surface area contributed by atoms with Gasteiger partial charge in [0.25, 0.3) is 5.91 Å². The minimum atomic E-state index is -0.235. The number of carbonyl (C=O) groups excluding carboxylic acids is 1. The molecular formula is C8H10ClN3O. The first-order valence-corrected chi connectivity index (χ1v) is 4.22. The maximum atomic E-state index is 11.3. The first-order valence-electron chi connectivity index (χ1n) is 3.84. The van der Waals surface area contributed by atoms with Gasteiger partial charge in [-0.2, -0.15) is 0 Å². The van der Waals surface area contributed by atoms with Crippen molar-refractivity contribution < 1.29 is 4.79 Å². The largest absolute Gasteiger partial charge is 0.384 e. The third-order valence-corrected chi connectivity index (χ3v) is 1.76. The van der Waals surface area contributed by atoms with Crippen LogP contribution in [0.3, 0.4) is 0 Å². The molecule has 5 heteroatoms. The molecule has 0 fully saturated rings. The molecule has 0 saturated heterocycles. The molecule has 0 atom stereocenters. The quantitative estimate of drug-likeness (QED) is 0.749. The van der Waals surface area contributed by atoms with Crippen LogP contribution in [0.1, 0.15) is 17.3 Å². The molecule has 4 nitrogen and oxygen atoms in total. The van der Waals surface area contributed by atoms with E-state index in [4.69, 9.17) is 17.3 Å². The van der Waals surface area contributed by atoms with Crippen LogP contribution in [-0.2, 0) is 0 Å². The Bertz CT molecular complexity index is 327. The Morgan fingerprint density at radius 3 is 3.08 bits per heavy atom. The standard InChI is InChI=1S/C8H10ClN3O/c1-2-11-8(13)5-3-7(10)12-4-6(5)9/h3-4H,2H2,1H3,(H2,10,12)(H,11,13). The van der Waals surface area contributed by atoms with Crippen LogP contribution in [0.5, 0.6) is 0 Å². The van der Waals surface area contributed by atoms with E-state index in [2.05, 4.69) is 10.3 Å². The number of hydrogen-bond donors (Lipinski definition) is 2. The first-order chi connectivity index (χ1) is 6.15. The van der Waals surface area contributed by atoms with E-state index in [-0.39, 0.29) is 11.7 Å². The molecule has 0 bridgehead atoms. The second kappa shape index (κ2) is 4.09. The van der Waals surface area contributed by atoms with Crippen LogP contribution in [0, 0.1) is 0 Å². The first kappa shape index (κ1) is 9.80. The van der Waals surface area contributed by atoms with Crippen LogP contribution in [0.15, 0.2) is 12.3 Å². The molecule has 1 aromatic rings. The average molecular weight is 200 g/mol. The van der Waals surface area contributed by atoms with E-state index in [1.807, 2.05) is 6.92 Å². The van der Waals surface area contributed by atoms with E-state index in [1.54, 1.807) is 0 Å². The predicted octanol–water partition coefficient (Wildman–Crippen LogP) is 1.07. The highest BCUT2D eigenvalue weighted by Crippen LogP contribution is 2.15. The maximum absolute atomic E-state index is 11.3. The van der Waals surface area contributed by atoms with Gasteiger partial charge in [0.1, 0.15) is 5.82 Å². The normalized spacial score (nSPS) is 9.69. The zero-order valence-electron chi connectivity index (χ0n) is 7.17. The van der Waals surface area contributed by atoms with Crippen LogP contribution in [0.2, 0.25) is 5.02 Å². The van der Waals surface area contributed by atoms with Crippen LogP contribution >= 0.6 is 11.6 Å². The number of rotatable bonds is 2. The van der Waals surface area contributed by atoms with Gasteiger partial charge in [0, 0.05) is 12.7 Å². The molecule has 1 heterocycles. The van der Waals surface area contributed by atoms with Gasteiger partial charge >= 0.3 is 0 Å². The number of amides is 1. The van der Waals surface area contributed by atoms with E-state index in [0.717, 1.165) is 0 Å². The Morgan fingerprint density at radius 1 is 1.77 bits per heavy atom. The molecule has 1 rings (SSSR count). The topological polar surface area (TPSA) is 68.0 Å². The number of hydrogen-bond acceptors (Lipinski definition) is 3. The summed E-state index contributed by atoms with van der Waals surface area (Å²) in [5.41, 5.74) is 5.77. The summed E-state index contributed by atoms with van der Waals surface area (Å²) in [4.78, 5) is 15.1. The summed E-state index contributed by atoms with van der Waals surface area (Å²) in [6.45, 7) is 2.38. The monoisotopic (exact) mass is 199 g/mol. The molecule has 13 heavy (non-hydrogen) atoms. The number of aromatic nitrogens is 1. The van der Waals surface area contributed by atoms with Gasteiger partial charge in [-0.1, -0.05) is 11.6 Å². The molecule has 0 aromatic carbocycles. The Kier molecular flexibility index (Phi) is 3.08. The van der Waals surface area contributed by atoms with Crippen LogP contribution in [0.4, 0.5) is 5.82 Å². The van der Waals surface area contributed by atoms with Gasteiger partial charge in [0.2, 0.25) is 0 Å². The van der Waals surface area contributed by atoms with Gasteiger partial charge in [0.15, 0.2) is 0 Å². The summed E-state index contributed by atoms with van der Waals surface area (Å²) >= 11 is 5.75. The Balaban J connectivity index is 2.99. The second-order valence-corrected chi connectivity index (χ2v) is 2.86. The van der Waals surface area contributed by atoms with Crippen molar-refractivity contribution in [3.05, 3.63) is 22.8 Å². The zero-order chi connectivity index (χ0) is 9.84. The highest BCUT2D eigenvalue weighted by atomic mass is 35.5. The smallest absolute Gasteiger partial charge is 0.252 e. The van der Waals surface area contributed by atoms with Crippen LogP contribution < -0.4 is 11.1 Å². The molecule has 3 N–H and O–H groups in total. The number of halogens is 1. The van der Waals surface area contributed by atoms with E-state index < -0.39 is 0 Å². The number of nitrogen functional groups attached to an aromatic ring is 1. The second-order valence-electron chi connectivity index (χ2n) is 2.45. The van der Waals surface area contributed by atoms with Gasteiger partial charge in [-0.25, -0.2) is 4.98 Å². The summed E-state index contributed by atoms with van der Waals surface area (Å²) in [6.07, 6.45) is 1.36. The fraction of sp³-hybridized carbons (Fsp3) is 0.250. The van der Waals surface area contributed by atoms with Gasteiger partial charge in [-0.3, -0.25) is 4.79 Å². The highest BCUT2D eigenvalue weighted by molar-refractivity contribution is 6.33. The van der Waals surface area contributed by atoms with Crippen molar-refractivity contribution in [1.29, 1.82) is 0 Å². The van der Waals surface area contributed by atoms with Crippen molar-refractivity contribution in [2.75, 3.05) is 12.3 Å². The maximum Gasteiger partial charge on any atom is 0.252 e. The lowest BCUT2D eigenvalue weighted by molar-refractivity contribution is 0.0956.